The molecule has 1 unspecified atom stereocenters. The van der Waals surface area contributed by atoms with Gasteiger partial charge in [0.25, 0.3) is 0 Å². The van der Waals surface area contributed by atoms with E-state index < -0.39 is 9.84 Å². The molecule has 0 saturated carbocycles. The molecular formula is C15H25N3O2S. The third kappa shape index (κ3) is 4.88. The van der Waals surface area contributed by atoms with Gasteiger partial charge >= 0.3 is 0 Å². The van der Waals surface area contributed by atoms with E-state index in [9.17, 15) is 8.42 Å². The third-order valence-corrected chi connectivity index (χ3v) is 5.67. The molecule has 118 valence electrons. The van der Waals surface area contributed by atoms with E-state index in [4.69, 9.17) is 0 Å². The van der Waals surface area contributed by atoms with Crippen molar-refractivity contribution in [1.29, 1.82) is 0 Å². The zero-order chi connectivity index (χ0) is 15.3. The van der Waals surface area contributed by atoms with Gasteiger partial charge in [0.2, 0.25) is 0 Å². The lowest BCUT2D eigenvalue weighted by Gasteiger charge is -2.27. The average molecular weight is 311 g/mol. The molecule has 2 rings (SSSR count). The summed E-state index contributed by atoms with van der Waals surface area (Å²) < 4.78 is 23.2. The Bertz CT molecular complexity index is 537. The van der Waals surface area contributed by atoms with Gasteiger partial charge < -0.3 is 10.2 Å². The SMILES string of the molecule is CCS(=O)(=O)CC(C)Nc1ccc(N2CCCCC2)nc1. The lowest BCUT2D eigenvalue weighted by Crippen LogP contribution is -2.30. The molecule has 0 aromatic carbocycles. The van der Waals surface area contributed by atoms with Gasteiger partial charge in [-0.2, -0.15) is 0 Å². The largest absolute Gasteiger partial charge is 0.380 e. The Morgan fingerprint density at radius 1 is 1.29 bits per heavy atom. The first-order valence-electron chi connectivity index (χ1n) is 7.68. The van der Waals surface area contributed by atoms with Gasteiger partial charge in [0.15, 0.2) is 9.84 Å². The summed E-state index contributed by atoms with van der Waals surface area (Å²) in [5, 5.41) is 3.20. The summed E-state index contributed by atoms with van der Waals surface area (Å²) in [6, 6.07) is 3.87. The van der Waals surface area contributed by atoms with Crippen LogP contribution in [0.5, 0.6) is 0 Å². The molecule has 21 heavy (non-hydrogen) atoms. The van der Waals surface area contributed by atoms with Gasteiger partial charge in [0.05, 0.1) is 17.6 Å². The maximum absolute atomic E-state index is 11.6. The average Bonchev–Trinajstić information content (AvgIpc) is 2.48. The fraction of sp³-hybridized carbons (Fsp3) is 0.667. The third-order valence-electron chi connectivity index (χ3n) is 3.78. The van der Waals surface area contributed by atoms with Crippen molar-refractivity contribution in [2.45, 2.75) is 39.2 Å². The molecule has 0 spiro atoms. The lowest BCUT2D eigenvalue weighted by atomic mass is 10.1. The summed E-state index contributed by atoms with van der Waals surface area (Å²) in [6.45, 7) is 5.71. The number of piperidine rings is 1. The second kappa shape index (κ2) is 7.11. The molecule has 0 aliphatic carbocycles. The van der Waals surface area contributed by atoms with Crippen LogP contribution in [0, 0.1) is 0 Å². The number of aromatic nitrogens is 1. The first-order chi connectivity index (χ1) is 10.00. The molecule has 6 heteroatoms. The summed E-state index contributed by atoms with van der Waals surface area (Å²) in [6.07, 6.45) is 5.56. The summed E-state index contributed by atoms with van der Waals surface area (Å²) in [7, 11) is -2.96. The lowest BCUT2D eigenvalue weighted by molar-refractivity contribution is 0.573. The van der Waals surface area contributed by atoms with E-state index >= 15 is 0 Å². The highest BCUT2D eigenvalue weighted by atomic mass is 32.2. The Morgan fingerprint density at radius 2 is 2.00 bits per heavy atom. The number of nitrogens with one attached hydrogen (secondary N) is 1. The zero-order valence-corrected chi connectivity index (χ0v) is 13.7. The Labute approximate surface area is 127 Å². The van der Waals surface area contributed by atoms with E-state index in [-0.39, 0.29) is 17.5 Å². The van der Waals surface area contributed by atoms with Gasteiger partial charge in [-0.1, -0.05) is 6.92 Å². The highest BCUT2D eigenvalue weighted by molar-refractivity contribution is 7.91. The molecule has 0 amide bonds. The van der Waals surface area contributed by atoms with Gasteiger partial charge in [0, 0.05) is 24.9 Å². The van der Waals surface area contributed by atoms with Crippen molar-refractivity contribution in [2.75, 3.05) is 34.8 Å². The van der Waals surface area contributed by atoms with Crippen LogP contribution in [0.2, 0.25) is 0 Å². The summed E-state index contributed by atoms with van der Waals surface area (Å²) in [5.74, 6) is 1.34. The topological polar surface area (TPSA) is 62.3 Å². The number of sulfone groups is 1. The Balaban J connectivity index is 1.92. The molecule has 0 bridgehead atoms. The second-order valence-corrected chi connectivity index (χ2v) is 8.09. The van der Waals surface area contributed by atoms with E-state index in [1.165, 1.54) is 19.3 Å². The maximum Gasteiger partial charge on any atom is 0.152 e. The molecule has 1 aromatic heterocycles. The van der Waals surface area contributed by atoms with Crippen LogP contribution in [0.3, 0.4) is 0 Å². The second-order valence-electron chi connectivity index (χ2n) is 5.70. The van der Waals surface area contributed by atoms with Crippen molar-refractivity contribution < 1.29 is 8.42 Å². The van der Waals surface area contributed by atoms with Gasteiger partial charge in [0.1, 0.15) is 5.82 Å². The predicted octanol–water partition coefficient (Wildman–Crippen LogP) is 2.31. The van der Waals surface area contributed by atoms with Gasteiger partial charge in [-0.05, 0) is 38.3 Å². The molecule has 1 atom stereocenters. The zero-order valence-electron chi connectivity index (χ0n) is 12.9. The normalized spacial score (nSPS) is 17.5. The number of nitrogens with zero attached hydrogens (tertiary/aromatic N) is 2. The summed E-state index contributed by atoms with van der Waals surface area (Å²) >= 11 is 0. The molecular weight excluding hydrogens is 286 g/mol. The molecule has 1 saturated heterocycles. The Hall–Kier alpha value is -1.30. The highest BCUT2D eigenvalue weighted by Crippen LogP contribution is 2.19. The van der Waals surface area contributed by atoms with Gasteiger partial charge in [-0.3, -0.25) is 0 Å². The number of hydrogen-bond donors (Lipinski definition) is 1. The van der Waals surface area contributed by atoms with E-state index in [0.717, 1.165) is 24.6 Å². The van der Waals surface area contributed by atoms with Crippen molar-refractivity contribution in [3.8, 4) is 0 Å². The van der Waals surface area contributed by atoms with Gasteiger partial charge in [-0.25, -0.2) is 13.4 Å². The summed E-state index contributed by atoms with van der Waals surface area (Å²) in [5.41, 5.74) is 0.870. The molecule has 0 radical (unpaired) electrons. The molecule has 1 N–H and O–H groups in total. The Morgan fingerprint density at radius 3 is 2.57 bits per heavy atom. The van der Waals surface area contributed by atoms with Crippen molar-refractivity contribution >= 4 is 21.3 Å². The van der Waals surface area contributed by atoms with Crippen LogP contribution >= 0.6 is 0 Å². The number of pyridine rings is 1. The van der Waals surface area contributed by atoms with Crippen molar-refractivity contribution in [3.05, 3.63) is 18.3 Å². The minimum atomic E-state index is -2.96. The van der Waals surface area contributed by atoms with Crippen molar-refractivity contribution in [3.63, 3.8) is 0 Å². The van der Waals surface area contributed by atoms with Crippen molar-refractivity contribution in [2.24, 2.45) is 0 Å². The van der Waals surface area contributed by atoms with E-state index in [0.29, 0.717) is 0 Å². The molecule has 2 heterocycles. The maximum atomic E-state index is 11.6. The van der Waals surface area contributed by atoms with E-state index in [1.807, 2.05) is 19.1 Å². The smallest absolute Gasteiger partial charge is 0.152 e. The van der Waals surface area contributed by atoms with Gasteiger partial charge in [-0.15, -0.1) is 0 Å². The Kier molecular flexibility index (Phi) is 5.45. The molecule has 1 fully saturated rings. The van der Waals surface area contributed by atoms with E-state index in [2.05, 4.69) is 15.2 Å². The quantitative estimate of drug-likeness (QED) is 0.873. The number of rotatable bonds is 6. The molecule has 5 nitrogen and oxygen atoms in total. The van der Waals surface area contributed by atoms with Crippen LogP contribution < -0.4 is 10.2 Å². The van der Waals surface area contributed by atoms with Crippen LogP contribution in [0.4, 0.5) is 11.5 Å². The molecule has 1 aliphatic rings. The van der Waals surface area contributed by atoms with Crippen LogP contribution in [0.1, 0.15) is 33.1 Å². The highest BCUT2D eigenvalue weighted by Gasteiger charge is 2.14. The van der Waals surface area contributed by atoms with Crippen LogP contribution in [-0.4, -0.2) is 44.0 Å². The van der Waals surface area contributed by atoms with E-state index in [1.54, 1.807) is 13.1 Å². The van der Waals surface area contributed by atoms with Crippen LogP contribution in [0.25, 0.3) is 0 Å². The van der Waals surface area contributed by atoms with Crippen molar-refractivity contribution in [1.82, 2.24) is 4.98 Å². The van der Waals surface area contributed by atoms with Crippen LogP contribution in [-0.2, 0) is 9.84 Å². The minimum Gasteiger partial charge on any atom is -0.380 e. The molecule has 1 aromatic rings. The minimum absolute atomic E-state index is 0.113. The first-order valence-corrected chi connectivity index (χ1v) is 9.50. The standard InChI is InChI=1S/C15H25N3O2S/c1-3-21(19,20)12-13(2)17-14-7-8-15(16-11-14)18-9-5-4-6-10-18/h7-8,11,13,17H,3-6,9-10,12H2,1-2H3. The number of hydrogen-bond acceptors (Lipinski definition) is 5. The fourth-order valence-electron chi connectivity index (χ4n) is 2.61. The summed E-state index contributed by atoms with van der Waals surface area (Å²) in [4.78, 5) is 6.79. The fourth-order valence-corrected chi connectivity index (χ4v) is 3.69. The van der Waals surface area contributed by atoms with Crippen LogP contribution in [0.15, 0.2) is 18.3 Å². The molecule has 1 aliphatic heterocycles. The predicted molar refractivity (Wildman–Crippen MR) is 87.7 cm³/mol. The first kappa shape index (κ1) is 16.1. The number of anilines is 2. The monoisotopic (exact) mass is 311 g/mol.